The molecular weight excluding hydrogens is 282 g/mol. The van der Waals surface area contributed by atoms with E-state index in [1.807, 2.05) is 19.1 Å². The van der Waals surface area contributed by atoms with Gasteiger partial charge >= 0.3 is 0 Å². The Morgan fingerprint density at radius 1 is 1.29 bits per heavy atom. The summed E-state index contributed by atoms with van der Waals surface area (Å²) in [5, 5.41) is 17.4. The van der Waals surface area contributed by atoms with Crippen molar-refractivity contribution in [3.63, 3.8) is 0 Å². The normalized spacial score (nSPS) is 12.3. The predicted octanol–water partition coefficient (Wildman–Crippen LogP) is 2.94. The average Bonchev–Trinajstić information content (AvgIpc) is 2.96. The van der Waals surface area contributed by atoms with Gasteiger partial charge in [-0.05, 0) is 60.8 Å². The minimum Gasteiger partial charge on any atom is -0.491 e. The van der Waals surface area contributed by atoms with Crippen LogP contribution in [0.2, 0.25) is 0 Å². The molecule has 2 N–H and O–H groups in total. The van der Waals surface area contributed by atoms with Gasteiger partial charge in [0.25, 0.3) is 0 Å². The highest BCUT2D eigenvalue weighted by Gasteiger charge is 2.06. The van der Waals surface area contributed by atoms with Crippen molar-refractivity contribution in [2.24, 2.45) is 0 Å². The van der Waals surface area contributed by atoms with E-state index in [0.717, 1.165) is 24.3 Å². The van der Waals surface area contributed by atoms with Crippen LogP contribution in [0.4, 0.5) is 0 Å². The molecule has 114 valence electrons. The van der Waals surface area contributed by atoms with Gasteiger partial charge in [0.15, 0.2) is 0 Å². The van der Waals surface area contributed by atoms with E-state index in [0.29, 0.717) is 13.2 Å². The Morgan fingerprint density at radius 3 is 2.86 bits per heavy atom. The Balaban J connectivity index is 1.64. The van der Waals surface area contributed by atoms with Crippen LogP contribution >= 0.6 is 11.3 Å². The van der Waals surface area contributed by atoms with Gasteiger partial charge in [-0.15, -0.1) is 0 Å². The Morgan fingerprint density at radius 2 is 2.14 bits per heavy atom. The highest BCUT2D eigenvalue weighted by molar-refractivity contribution is 7.07. The lowest BCUT2D eigenvalue weighted by molar-refractivity contribution is 0.106. The minimum absolute atomic E-state index is 0.315. The fourth-order valence-electron chi connectivity index (χ4n) is 2.14. The molecule has 1 aromatic carbocycles. The zero-order chi connectivity index (χ0) is 15.1. The third-order valence-corrected chi connectivity index (χ3v) is 4.04. The molecule has 3 nitrogen and oxygen atoms in total. The first-order chi connectivity index (χ1) is 10.1. The van der Waals surface area contributed by atoms with Gasteiger partial charge in [0.1, 0.15) is 18.5 Å². The van der Waals surface area contributed by atoms with E-state index >= 15 is 0 Å². The quantitative estimate of drug-likeness (QED) is 0.737. The molecule has 21 heavy (non-hydrogen) atoms. The Labute approximate surface area is 130 Å². The minimum atomic E-state index is -0.492. The molecule has 0 spiro atoms. The SMILES string of the molecule is Cc1ccc(OCC(O)CNCCc2ccsc2)c(C)c1. The number of hydrogen-bond acceptors (Lipinski definition) is 4. The van der Waals surface area contributed by atoms with Gasteiger partial charge in [0, 0.05) is 6.54 Å². The summed E-state index contributed by atoms with van der Waals surface area (Å²) >= 11 is 1.71. The van der Waals surface area contributed by atoms with Crippen molar-refractivity contribution in [3.8, 4) is 5.75 Å². The summed E-state index contributed by atoms with van der Waals surface area (Å²) in [5.41, 5.74) is 3.66. The Kier molecular flexibility index (Phi) is 6.23. The summed E-state index contributed by atoms with van der Waals surface area (Å²) in [7, 11) is 0. The van der Waals surface area contributed by atoms with Crippen molar-refractivity contribution in [1.82, 2.24) is 5.32 Å². The van der Waals surface area contributed by atoms with Gasteiger partial charge in [-0.3, -0.25) is 0 Å². The molecule has 0 saturated heterocycles. The summed E-state index contributed by atoms with van der Waals surface area (Å²) in [6.07, 6.45) is 0.502. The molecule has 2 aromatic rings. The molecule has 0 aliphatic rings. The van der Waals surface area contributed by atoms with Crippen LogP contribution in [0.15, 0.2) is 35.0 Å². The van der Waals surface area contributed by atoms with E-state index < -0.39 is 6.10 Å². The molecule has 1 unspecified atom stereocenters. The van der Waals surface area contributed by atoms with Gasteiger partial charge in [-0.25, -0.2) is 0 Å². The molecule has 4 heteroatoms. The van der Waals surface area contributed by atoms with Crippen molar-refractivity contribution in [3.05, 3.63) is 51.7 Å². The smallest absolute Gasteiger partial charge is 0.122 e. The molecule has 1 aromatic heterocycles. The van der Waals surface area contributed by atoms with Crippen LogP contribution in [0.3, 0.4) is 0 Å². The second-order valence-corrected chi connectivity index (χ2v) is 6.10. The first-order valence-corrected chi connectivity index (χ1v) is 8.19. The van der Waals surface area contributed by atoms with Crippen molar-refractivity contribution < 1.29 is 9.84 Å². The Bertz CT molecular complexity index is 540. The predicted molar refractivity (Wildman–Crippen MR) is 88.3 cm³/mol. The topological polar surface area (TPSA) is 41.5 Å². The summed E-state index contributed by atoms with van der Waals surface area (Å²) in [6, 6.07) is 8.20. The van der Waals surface area contributed by atoms with Crippen LogP contribution in [0.5, 0.6) is 5.75 Å². The van der Waals surface area contributed by atoms with E-state index in [1.165, 1.54) is 11.1 Å². The zero-order valence-electron chi connectivity index (χ0n) is 12.6. The molecule has 0 radical (unpaired) electrons. The van der Waals surface area contributed by atoms with Crippen LogP contribution in [0.1, 0.15) is 16.7 Å². The molecular formula is C17H23NO2S. The molecule has 0 bridgehead atoms. The van der Waals surface area contributed by atoms with E-state index in [9.17, 15) is 5.11 Å². The zero-order valence-corrected chi connectivity index (χ0v) is 13.5. The fourth-order valence-corrected chi connectivity index (χ4v) is 2.85. The number of benzene rings is 1. The third kappa shape index (κ3) is 5.50. The van der Waals surface area contributed by atoms with Crippen molar-refractivity contribution in [2.45, 2.75) is 26.4 Å². The van der Waals surface area contributed by atoms with Crippen molar-refractivity contribution >= 4 is 11.3 Å². The maximum atomic E-state index is 9.93. The van der Waals surface area contributed by atoms with Crippen molar-refractivity contribution in [1.29, 1.82) is 0 Å². The highest BCUT2D eigenvalue weighted by atomic mass is 32.1. The summed E-state index contributed by atoms with van der Waals surface area (Å²) in [4.78, 5) is 0. The summed E-state index contributed by atoms with van der Waals surface area (Å²) < 4.78 is 5.67. The molecule has 0 fully saturated rings. The van der Waals surface area contributed by atoms with Crippen LogP contribution < -0.4 is 10.1 Å². The number of rotatable bonds is 8. The fraction of sp³-hybridized carbons (Fsp3) is 0.412. The number of aryl methyl sites for hydroxylation is 2. The molecule has 1 atom stereocenters. The first-order valence-electron chi connectivity index (χ1n) is 7.25. The first kappa shape index (κ1) is 16.0. The monoisotopic (exact) mass is 305 g/mol. The molecule has 0 aliphatic carbocycles. The van der Waals surface area contributed by atoms with Crippen LogP contribution in [0, 0.1) is 13.8 Å². The molecule has 1 heterocycles. The van der Waals surface area contributed by atoms with Crippen molar-refractivity contribution in [2.75, 3.05) is 19.7 Å². The second kappa shape index (κ2) is 8.17. The van der Waals surface area contributed by atoms with Gasteiger partial charge in [0.2, 0.25) is 0 Å². The lowest BCUT2D eigenvalue weighted by Crippen LogP contribution is -2.32. The van der Waals surface area contributed by atoms with Gasteiger partial charge in [-0.2, -0.15) is 11.3 Å². The largest absolute Gasteiger partial charge is 0.491 e. The number of hydrogen-bond donors (Lipinski definition) is 2. The molecule has 0 amide bonds. The van der Waals surface area contributed by atoms with E-state index in [2.05, 4.69) is 35.1 Å². The standard InChI is InChI=1S/C17H23NO2S/c1-13-3-4-17(14(2)9-13)20-11-16(19)10-18-7-5-15-6-8-21-12-15/h3-4,6,8-9,12,16,18-19H,5,7,10-11H2,1-2H3. The maximum Gasteiger partial charge on any atom is 0.122 e. The number of aliphatic hydroxyl groups excluding tert-OH is 1. The number of thiophene rings is 1. The number of nitrogens with one attached hydrogen (secondary N) is 1. The van der Waals surface area contributed by atoms with E-state index in [-0.39, 0.29) is 0 Å². The number of aliphatic hydroxyl groups is 1. The maximum absolute atomic E-state index is 9.93. The lowest BCUT2D eigenvalue weighted by atomic mass is 10.1. The van der Waals surface area contributed by atoms with Gasteiger partial charge in [0.05, 0.1) is 0 Å². The second-order valence-electron chi connectivity index (χ2n) is 5.32. The Hall–Kier alpha value is -1.36. The molecule has 2 rings (SSSR count). The van der Waals surface area contributed by atoms with Crippen LogP contribution in [-0.4, -0.2) is 30.9 Å². The number of ether oxygens (including phenoxy) is 1. The van der Waals surface area contributed by atoms with Gasteiger partial charge in [-0.1, -0.05) is 17.7 Å². The molecule has 0 aliphatic heterocycles. The van der Waals surface area contributed by atoms with Crippen LogP contribution in [-0.2, 0) is 6.42 Å². The summed E-state index contributed by atoms with van der Waals surface area (Å²) in [5.74, 6) is 0.845. The molecule has 0 saturated carbocycles. The highest BCUT2D eigenvalue weighted by Crippen LogP contribution is 2.18. The summed E-state index contributed by atoms with van der Waals surface area (Å²) in [6.45, 7) is 5.82. The average molecular weight is 305 g/mol. The van der Waals surface area contributed by atoms with E-state index in [1.54, 1.807) is 11.3 Å². The van der Waals surface area contributed by atoms with E-state index in [4.69, 9.17) is 4.74 Å². The van der Waals surface area contributed by atoms with Crippen LogP contribution in [0.25, 0.3) is 0 Å². The van der Waals surface area contributed by atoms with Gasteiger partial charge < -0.3 is 15.2 Å². The third-order valence-electron chi connectivity index (χ3n) is 3.31. The lowest BCUT2D eigenvalue weighted by Gasteiger charge is -2.14.